The Balaban J connectivity index is 1.57. The van der Waals surface area contributed by atoms with Crippen LogP contribution in [0.4, 0.5) is 0 Å². The fourth-order valence-electron chi connectivity index (χ4n) is 3.89. The average Bonchev–Trinajstić information content (AvgIpc) is 3.02. The van der Waals surface area contributed by atoms with Crippen LogP contribution in [0.1, 0.15) is 50.2 Å². The van der Waals surface area contributed by atoms with Gasteiger partial charge < -0.3 is 15.7 Å². The molecule has 1 aliphatic carbocycles. The zero-order valence-corrected chi connectivity index (χ0v) is 14.1. The Morgan fingerprint density at radius 2 is 1.78 bits per heavy atom. The van der Waals surface area contributed by atoms with Crippen molar-refractivity contribution in [1.29, 1.82) is 0 Å². The first-order chi connectivity index (χ1) is 11.0. The first kappa shape index (κ1) is 16.7. The van der Waals surface area contributed by atoms with Gasteiger partial charge in [-0.05, 0) is 49.3 Å². The summed E-state index contributed by atoms with van der Waals surface area (Å²) in [4.78, 5) is 14.5. The van der Waals surface area contributed by atoms with Crippen LogP contribution in [0.25, 0.3) is 0 Å². The number of nitrogens with zero attached hydrogens (tertiary/aromatic N) is 1. The lowest BCUT2D eigenvalue weighted by molar-refractivity contribution is -0.138. The number of piperidine rings is 1. The highest BCUT2D eigenvalue weighted by molar-refractivity contribution is 6.30. The van der Waals surface area contributed by atoms with Gasteiger partial charge in [0.1, 0.15) is 0 Å². The molecule has 23 heavy (non-hydrogen) atoms. The lowest BCUT2D eigenvalue weighted by atomic mass is 9.86. The number of hydrogen-bond donors (Lipinski definition) is 2. The molecule has 2 aliphatic rings. The van der Waals surface area contributed by atoms with Crippen molar-refractivity contribution in [2.45, 2.75) is 50.2 Å². The number of aliphatic hydroxyl groups is 1. The lowest BCUT2D eigenvalue weighted by Gasteiger charge is -2.38. The van der Waals surface area contributed by atoms with Crippen molar-refractivity contribution in [2.75, 3.05) is 13.1 Å². The van der Waals surface area contributed by atoms with Crippen LogP contribution in [0.2, 0.25) is 5.02 Å². The number of carbonyl (C=O) groups is 1. The van der Waals surface area contributed by atoms with Crippen molar-refractivity contribution in [2.24, 2.45) is 11.7 Å². The minimum Gasteiger partial charge on any atom is -0.388 e. The summed E-state index contributed by atoms with van der Waals surface area (Å²) in [6.45, 7) is 1.38. The highest BCUT2D eigenvalue weighted by atomic mass is 35.5. The Labute approximate surface area is 142 Å². The number of benzene rings is 1. The van der Waals surface area contributed by atoms with Gasteiger partial charge in [0, 0.05) is 18.1 Å². The molecule has 1 aromatic carbocycles. The summed E-state index contributed by atoms with van der Waals surface area (Å²) in [6, 6.07) is 7.35. The highest BCUT2D eigenvalue weighted by Crippen LogP contribution is 2.34. The van der Waals surface area contributed by atoms with E-state index in [1.54, 1.807) is 12.1 Å². The van der Waals surface area contributed by atoms with Gasteiger partial charge in [-0.1, -0.05) is 36.6 Å². The maximum Gasteiger partial charge on any atom is 0.242 e. The standard InChI is InChI=1S/C18H25ClN2O2/c19-15-5-3-13(4-6-15)16(22)14-7-11-21(12-8-14)17(23)18(20)9-1-2-10-18/h3-6,14,16,22H,1-2,7-12,20H2/t16-/m1/s1. The van der Waals surface area contributed by atoms with Crippen LogP contribution < -0.4 is 5.73 Å². The molecule has 5 heteroatoms. The molecule has 2 fully saturated rings. The van der Waals surface area contributed by atoms with E-state index in [0.717, 1.165) is 44.1 Å². The van der Waals surface area contributed by atoms with Gasteiger partial charge in [-0.2, -0.15) is 0 Å². The Morgan fingerprint density at radius 1 is 1.22 bits per heavy atom. The molecular formula is C18H25ClN2O2. The fraction of sp³-hybridized carbons (Fsp3) is 0.611. The number of carbonyl (C=O) groups excluding carboxylic acids is 1. The molecule has 1 atom stereocenters. The molecule has 1 heterocycles. The van der Waals surface area contributed by atoms with E-state index in [4.69, 9.17) is 17.3 Å². The third kappa shape index (κ3) is 3.54. The Morgan fingerprint density at radius 3 is 2.35 bits per heavy atom. The molecule has 0 bridgehead atoms. The lowest BCUT2D eigenvalue weighted by Crippen LogP contribution is -2.55. The summed E-state index contributed by atoms with van der Waals surface area (Å²) in [5, 5.41) is 11.2. The van der Waals surface area contributed by atoms with Gasteiger partial charge in [0.2, 0.25) is 5.91 Å². The average molecular weight is 337 g/mol. The molecule has 3 rings (SSSR count). The van der Waals surface area contributed by atoms with Crippen molar-refractivity contribution in [3.8, 4) is 0 Å². The maximum atomic E-state index is 12.6. The van der Waals surface area contributed by atoms with E-state index in [1.165, 1.54) is 0 Å². The molecule has 1 amide bonds. The van der Waals surface area contributed by atoms with E-state index in [0.29, 0.717) is 18.1 Å². The number of aliphatic hydroxyl groups excluding tert-OH is 1. The number of amides is 1. The highest BCUT2D eigenvalue weighted by Gasteiger charge is 2.41. The summed E-state index contributed by atoms with van der Waals surface area (Å²) in [5.41, 5.74) is 6.54. The van der Waals surface area contributed by atoms with Crippen LogP contribution >= 0.6 is 11.6 Å². The molecule has 1 saturated carbocycles. The van der Waals surface area contributed by atoms with Gasteiger partial charge in [-0.15, -0.1) is 0 Å². The van der Waals surface area contributed by atoms with Gasteiger partial charge >= 0.3 is 0 Å². The largest absolute Gasteiger partial charge is 0.388 e. The number of rotatable bonds is 3. The first-order valence-electron chi connectivity index (χ1n) is 8.51. The van der Waals surface area contributed by atoms with E-state index in [9.17, 15) is 9.90 Å². The number of hydrogen-bond acceptors (Lipinski definition) is 3. The third-order valence-electron chi connectivity index (χ3n) is 5.41. The molecule has 1 aliphatic heterocycles. The normalized spacial score (nSPS) is 23.0. The molecule has 0 radical (unpaired) electrons. The Hall–Kier alpha value is -1.10. The van der Waals surface area contributed by atoms with Gasteiger partial charge in [0.25, 0.3) is 0 Å². The number of halogens is 1. The second-order valence-electron chi connectivity index (χ2n) is 6.99. The van der Waals surface area contributed by atoms with E-state index >= 15 is 0 Å². The van der Waals surface area contributed by atoms with Crippen LogP contribution in [-0.2, 0) is 4.79 Å². The second kappa shape index (κ2) is 6.80. The molecule has 4 nitrogen and oxygen atoms in total. The SMILES string of the molecule is NC1(C(=O)N2CCC([C@H](O)c3ccc(Cl)cc3)CC2)CCCC1. The van der Waals surface area contributed by atoms with E-state index < -0.39 is 11.6 Å². The van der Waals surface area contributed by atoms with Crippen LogP contribution in [0.5, 0.6) is 0 Å². The summed E-state index contributed by atoms with van der Waals surface area (Å²) in [6.07, 6.45) is 4.83. The zero-order chi connectivity index (χ0) is 16.4. The van der Waals surface area contributed by atoms with E-state index in [-0.39, 0.29) is 11.8 Å². The van der Waals surface area contributed by atoms with Gasteiger partial charge in [-0.25, -0.2) is 0 Å². The quantitative estimate of drug-likeness (QED) is 0.892. The van der Waals surface area contributed by atoms with Crippen LogP contribution in [0.3, 0.4) is 0 Å². The number of likely N-dealkylation sites (tertiary alicyclic amines) is 1. The zero-order valence-electron chi connectivity index (χ0n) is 13.4. The van der Waals surface area contributed by atoms with Crippen LogP contribution in [-0.4, -0.2) is 34.5 Å². The van der Waals surface area contributed by atoms with E-state index in [1.807, 2.05) is 17.0 Å². The first-order valence-corrected chi connectivity index (χ1v) is 8.89. The Bertz CT molecular complexity index is 547. The van der Waals surface area contributed by atoms with Crippen LogP contribution in [0.15, 0.2) is 24.3 Å². The van der Waals surface area contributed by atoms with Crippen LogP contribution in [0, 0.1) is 5.92 Å². The molecule has 3 N–H and O–H groups in total. The molecule has 0 spiro atoms. The monoisotopic (exact) mass is 336 g/mol. The van der Waals surface area contributed by atoms with Gasteiger partial charge in [0.15, 0.2) is 0 Å². The van der Waals surface area contributed by atoms with Crippen molar-refractivity contribution in [3.05, 3.63) is 34.9 Å². The van der Waals surface area contributed by atoms with Crippen molar-refractivity contribution >= 4 is 17.5 Å². The summed E-state index contributed by atoms with van der Waals surface area (Å²) in [7, 11) is 0. The summed E-state index contributed by atoms with van der Waals surface area (Å²) in [5.74, 6) is 0.284. The number of nitrogens with two attached hydrogens (primary N) is 1. The van der Waals surface area contributed by atoms with Crippen molar-refractivity contribution in [3.63, 3.8) is 0 Å². The molecule has 0 aromatic heterocycles. The van der Waals surface area contributed by atoms with Crippen molar-refractivity contribution < 1.29 is 9.90 Å². The minimum absolute atomic E-state index is 0.106. The maximum absolute atomic E-state index is 12.6. The molecule has 1 saturated heterocycles. The second-order valence-corrected chi connectivity index (χ2v) is 7.43. The third-order valence-corrected chi connectivity index (χ3v) is 5.66. The fourth-order valence-corrected chi connectivity index (χ4v) is 4.01. The molecular weight excluding hydrogens is 312 g/mol. The molecule has 0 unspecified atom stereocenters. The minimum atomic E-state index is -0.637. The topological polar surface area (TPSA) is 66.6 Å². The predicted molar refractivity (Wildman–Crippen MR) is 91.1 cm³/mol. The predicted octanol–water partition coefficient (Wildman–Crippen LogP) is 2.88. The summed E-state index contributed by atoms with van der Waals surface area (Å²) >= 11 is 5.89. The molecule has 1 aromatic rings. The molecule has 126 valence electrons. The van der Waals surface area contributed by atoms with Crippen molar-refractivity contribution in [1.82, 2.24) is 4.90 Å². The van der Waals surface area contributed by atoms with Gasteiger partial charge in [-0.3, -0.25) is 4.79 Å². The smallest absolute Gasteiger partial charge is 0.242 e. The summed E-state index contributed by atoms with van der Waals surface area (Å²) < 4.78 is 0. The Kier molecular flexibility index (Phi) is 4.95. The van der Waals surface area contributed by atoms with Gasteiger partial charge in [0.05, 0.1) is 11.6 Å². The van der Waals surface area contributed by atoms with E-state index in [2.05, 4.69) is 0 Å².